The van der Waals surface area contributed by atoms with Crippen LogP contribution in [0.2, 0.25) is 0 Å². The number of amides is 2. The van der Waals surface area contributed by atoms with Crippen LogP contribution in [0.5, 0.6) is 0 Å². The molecule has 0 radical (unpaired) electrons. The molecule has 3 aromatic carbocycles. The van der Waals surface area contributed by atoms with Crippen LogP contribution < -0.4 is 0 Å². The summed E-state index contributed by atoms with van der Waals surface area (Å²) in [7, 11) is -4.65. The van der Waals surface area contributed by atoms with E-state index < -0.39 is 32.8 Å². The zero-order valence-electron chi connectivity index (χ0n) is 14.9. The summed E-state index contributed by atoms with van der Waals surface area (Å²) in [6.07, 6.45) is 0. The molecule has 0 aliphatic carbocycles. The summed E-state index contributed by atoms with van der Waals surface area (Å²) in [6, 6.07) is 13.0. The van der Waals surface area contributed by atoms with Crippen LogP contribution in [-0.2, 0) is 14.4 Å². The van der Waals surface area contributed by atoms with Crippen molar-refractivity contribution in [2.45, 2.75) is 11.8 Å². The quantitative estimate of drug-likeness (QED) is 0.656. The zero-order chi connectivity index (χ0) is 20.9. The van der Waals surface area contributed by atoms with Gasteiger partial charge in [0.15, 0.2) is 0 Å². The molecule has 29 heavy (non-hydrogen) atoms. The van der Waals surface area contributed by atoms with Gasteiger partial charge < -0.3 is 5.11 Å². The van der Waals surface area contributed by atoms with Crippen molar-refractivity contribution in [3.63, 3.8) is 0 Å². The number of rotatable bonds is 4. The van der Waals surface area contributed by atoms with E-state index in [1.54, 1.807) is 24.3 Å². The minimum absolute atomic E-state index is 0.128. The first kappa shape index (κ1) is 18.8. The lowest BCUT2D eigenvalue weighted by Crippen LogP contribution is -2.41. The predicted octanol–water partition coefficient (Wildman–Crippen LogP) is 2.76. The van der Waals surface area contributed by atoms with Gasteiger partial charge in [-0.25, -0.2) is 4.79 Å². The SMILES string of the molecule is Cc1ccc(S(=O)(=O)ON2C(=O)c3cccc4cccc(c34)C2=O)cc1C(=O)O. The number of hydrogen-bond donors (Lipinski definition) is 1. The van der Waals surface area contributed by atoms with Crippen LogP contribution in [0.25, 0.3) is 10.8 Å². The van der Waals surface area contributed by atoms with Crippen molar-refractivity contribution in [2.75, 3.05) is 0 Å². The summed E-state index contributed by atoms with van der Waals surface area (Å²) >= 11 is 0. The smallest absolute Gasteiger partial charge is 0.335 e. The molecule has 8 nitrogen and oxygen atoms in total. The van der Waals surface area contributed by atoms with E-state index in [1.807, 2.05) is 0 Å². The number of aryl methyl sites for hydroxylation is 1. The standard InChI is InChI=1S/C20H13NO7S/c1-11-8-9-13(10-16(11)20(24)25)29(26,27)28-21-18(22)14-6-2-4-12-5-3-7-15(17(12)14)19(21)23/h2-10H,1H3,(H,24,25). The predicted molar refractivity (Wildman–Crippen MR) is 101 cm³/mol. The first-order valence-electron chi connectivity index (χ1n) is 8.40. The van der Waals surface area contributed by atoms with Crippen molar-refractivity contribution >= 4 is 38.7 Å². The van der Waals surface area contributed by atoms with Crippen LogP contribution in [0.15, 0.2) is 59.5 Å². The van der Waals surface area contributed by atoms with Gasteiger partial charge >= 0.3 is 16.1 Å². The second-order valence-corrected chi connectivity index (χ2v) is 7.95. The molecule has 146 valence electrons. The number of aromatic carboxylic acids is 1. The normalized spacial score (nSPS) is 13.8. The van der Waals surface area contributed by atoms with Crippen molar-refractivity contribution in [1.82, 2.24) is 5.06 Å². The van der Waals surface area contributed by atoms with E-state index in [4.69, 9.17) is 4.28 Å². The Bertz CT molecular complexity index is 1280. The summed E-state index contributed by atoms with van der Waals surface area (Å²) in [5.41, 5.74) is 0.370. The van der Waals surface area contributed by atoms with E-state index in [1.165, 1.54) is 25.1 Å². The lowest BCUT2D eigenvalue weighted by molar-refractivity contribution is -0.0155. The average molecular weight is 411 g/mol. The van der Waals surface area contributed by atoms with E-state index in [2.05, 4.69) is 0 Å². The van der Waals surface area contributed by atoms with E-state index in [9.17, 15) is 27.9 Å². The summed E-state index contributed by atoms with van der Waals surface area (Å²) in [6.45, 7) is 1.51. The number of nitrogens with zero attached hydrogens (tertiary/aromatic N) is 1. The van der Waals surface area contributed by atoms with Gasteiger partial charge in [0.25, 0.3) is 11.8 Å². The van der Waals surface area contributed by atoms with Crippen molar-refractivity contribution in [1.29, 1.82) is 0 Å². The molecule has 1 aliphatic rings. The Labute approximate surface area is 165 Å². The molecule has 0 atom stereocenters. The third kappa shape index (κ3) is 2.96. The molecular weight excluding hydrogens is 398 g/mol. The number of imide groups is 1. The number of hydrogen-bond acceptors (Lipinski definition) is 6. The molecule has 3 aromatic rings. The molecule has 9 heteroatoms. The second-order valence-electron chi connectivity index (χ2n) is 6.42. The number of carbonyl (C=O) groups excluding carboxylic acids is 2. The highest BCUT2D eigenvalue weighted by molar-refractivity contribution is 7.86. The summed E-state index contributed by atoms with van der Waals surface area (Å²) in [4.78, 5) is 36.3. The number of carboxylic acids is 1. The maximum atomic E-state index is 12.8. The Hall–Kier alpha value is -3.56. The highest BCUT2D eigenvalue weighted by Crippen LogP contribution is 2.31. The third-order valence-electron chi connectivity index (χ3n) is 4.64. The summed E-state index contributed by atoms with van der Waals surface area (Å²) in [5.74, 6) is -3.16. The topological polar surface area (TPSA) is 118 Å². The van der Waals surface area contributed by atoms with Crippen LogP contribution in [0.3, 0.4) is 0 Å². The first-order chi connectivity index (χ1) is 13.7. The monoisotopic (exact) mass is 411 g/mol. The van der Waals surface area contributed by atoms with Crippen molar-refractivity contribution in [3.05, 3.63) is 76.9 Å². The molecule has 0 fully saturated rings. The molecule has 0 bridgehead atoms. The molecule has 0 saturated carbocycles. The molecule has 0 unspecified atom stereocenters. The highest BCUT2D eigenvalue weighted by atomic mass is 32.2. The van der Waals surface area contributed by atoms with Crippen LogP contribution in [0.1, 0.15) is 36.6 Å². The number of carbonyl (C=O) groups is 3. The van der Waals surface area contributed by atoms with Crippen LogP contribution in [-0.4, -0.2) is 36.4 Å². The van der Waals surface area contributed by atoms with Gasteiger partial charge in [0.2, 0.25) is 0 Å². The maximum absolute atomic E-state index is 12.8. The minimum Gasteiger partial charge on any atom is -0.478 e. The van der Waals surface area contributed by atoms with E-state index in [0.29, 0.717) is 16.3 Å². The fourth-order valence-corrected chi connectivity index (χ4v) is 4.12. The molecule has 4 rings (SSSR count). The Balaban J connectivity index is 1.77. The van der Waals surface area contributed by atoms with Gasteiger partial charge in [0, 0.05) is 5.39 Å². The zero-order valence-corrected chi connectivity index (χ0v) is 15.8. The summed E-state index contributed by atoms with van der Waals surface area (Å²) in [5, 5.41) is 10.5. The Morgan fingerprint density at radius 2 is 1.55 bits per heavy atom. The van der Waals surface area contributed by atoms with Crippen molar-refractivity contribution < 1.29 is 32.2 Å². The van der Waals surface area contributed by atoms with Crippen LogP contribution in [0, 0.1) is 6.92 Å². The lowest BCUT2D eigenvalue weighted by Gasteiger charge is -2.25. The maximum Gasteiger partial charge on any atom is 0.335 e. The molecule has 2 amide bonds. The Morgan fingerprint density at radius 1 is 0.966 bits per heavy atom. The van der Waals surface area contributed by atoms with E-state index in [0.717, 1.165) is 12.1 Å². The largest absolute Gasteiger partial charge is 0.478 e. The number of benzene rings is 3. The summed E-state index contributed by atoms with van der Waals surface area (Å²) < 4.78 is 30.2. The van der Waals surface area contributed by atoms with Gasteiger partial charge in [-0.05, 0) is 42.1 Å². The second kappa shape index (κ2) is 6.50. The van der Waals surface area contributed by atoms with Gasteiger partial charge in [-0.2, -0.15) is 8.42 Å². The molecule has 0 saturated heterocycles. The third-order valence-corrected chi connectivity index (χ3v) is 5.81. The van der Waals surface area contributed by atoms with Crippen LogP contribution in [0.4, 0.5) is 0 Å². The molecule has 1 heterocycles. The molecule has 1 N–H and O–H groups in total. The van der Waals surface area contributed by atoms with Gasteiger partial charge in [-0.15, -0.1) is 9.35 Å². The molecule has 0 spiro atoms. The molecule has 0 aromatic heterocycles. The fraction of sp³-hybridized carbons (Fsp3) is 0.0500. The lowest BCUT2D eigenvalue weighted by atomic mass is 9.95. The Kier molecular flexibility index (Phi) is 4.21. The minimum atomic E-state index is -4.65. The van der Waals surface area contributed by atoms with Crippen LogP contribution >= 0.6 is 0 Å². The van der Waals surface area contributed by atoms with Gasteiger partial charge in [0.05, 0.1) is 21.6 Å². The van der Waals surface area contributed by atoms with Crippen molar-refractivity contribution in [2.24, 2.45) is 0 Å². The average Bonchev–Trinajstić information content (AvgIpc) is 2.69. The van der Waals surface area contributed by atoms with Gasteiger partial charge in [-0.3, -0.25) is 9.59 Å². The molecular formula is C20H13NO7S. The van der Waals surface area contributed by atoms with Gasteiger partial charge in [-0.1, -0.05) is 30.3 Å². The Morgan fingerprint density at radius 3 is 2.10 bits per heavy atom. The fourth-order valence-electron chi connectivity index (χ4n) is 3.20. The number of hydroxylamine groups is 2. The van der Waals surface area contributed by atoms with Gasteiger partial charge in [0.1, 0.15) is 0 Å². The molecule has 1 aliphatic heterocycles. The highest BCUT2D eigenvalue weighted by Gasteiger charge is 2.37. The first-order valence-corrected chi connectivity index (χ1v) is 9.80. The van der Waals surface area contributed by atoms with E-state index in [-0.39, 0.29) is 21.8 Å². The van der Waals surface area contributed by atoms with Crippen molar-refractivity contribution in [3.8, 4) is 0 Å². The van der Waals surface area contributed by atoms with E-state index >= 15 is 0 Å². The number of carboxylic acid groups (broad SMARTS) is 1.